The molecule has 0 aliphatic heterocycles. The number of nitrogens with one attached hydrogen (secondary N) is 5. The van der Waals surface area contributed by atoms with Gasteiger partial charge in [-0.1, -0.05) is 103 Å². The third kappa shape index (κ3) is 42.4. The molecule has 1 aromatic heterocycles. The maximum absolute atomic E-state index is 12.3. The number of H-pyrrole nitrogens is 1. The quantitative estimate of drug-likeness (QED) is 0.0379. The topological polar surface area (TPSA) is 300 Å². The summed E-state index contributed by atoms with van der Waals surface area (Å²) in [5.74, 6) is -4.17. The van der Waals surface area contributed by atoms with Crippen LogP contribution in [0.4, 0.5) is 0 Å². The maximum Gasteiger partial charge on any atom is 0.326 e. The lowest BCUT2D eigenvalue weighted by molar-refractivity contribution is -0.144. The molecular weight excluding hydrogens is 907 g/mol. The Morgan fingerprint density at radius 3 is 1.73 bits per heavy atom. The Labute approximate surface area is 418 Å². The van der Waals surface area contributed by atoms with Crippen LogP contribution in [0.2, 0.25) is 0 Å². The van der Waals surface area contributed by atoms with Gasteiger partial charge in [0.25, 0.3) is 0 Å². The van der Waals surface area contributed by atoms with E-state index in [1.807, 2.05) is 6.92 Å². The molecule has 20 heteroatoms. The van der Waals surface area contributed by atoms with E-state index in [0.29, 0.717) is 85.0 Å². The lowest BCUT2D eigenvalue weighted by atomic mass is 9.92. The molecule has 406 valence electrons. The van der Waals surface area contributed by atoms with E-state index in [2.05, 4.69) is 38.2 Å². The van der Waals surface area contributed by atoms with Gasteiger partial charge >= 0.3 is 11.9 Å². The van der Waals surface area contributed by atoms with Gasteiger partial charge in [0, 0.05) is 72.2 Å². The summed E-state index contributed by atoms with van der Waals surface area (Å²) < 4.78 is 20.9. The summed E-state index contributed by atoms with van der Waals surface area (Å²) in [6, 6.07) is -1.83. The van der Waals surface area contributed by atoms with Crippen LogP contribution in [-0.2, 0) is 58.9 Å². The smallest absolute Gasteiger partial charge is 0.326 e. The van der Waals surface area contributed by atoms with Crippen LogP contribution in [0, 0.1) is 5.92 Å². The van der Waals surface area contributed by atoms with Gasteiger partial charge in [-0.05, 0) is 32.6 Å². The van der Waals surface area contributed by atoms with E-state index in [1.165, 1.54) is 90.3 Å². The minimum Gasteiger partial charge on any atom is -0.481 e. The Hall–Kier alpha value is -4.50. The van der Waals surface area contributed by atoms with Gasteiger partial charge in [0.15, 0.2) is 5.78 Å². The molecule has 20 nitrogen and oxygen atoms in total. The summed E-state index contributed by atoms with van der Waals surface area (Å²) >= 11 is 0. The molecule has 4 amide bonds. The van der Waals surface area contributed by atoms with Crippen molar-refractivity contribution in [2.24, 2.45) is 11.7 Å². The molecule has 1 rings (SSSR count). The molecule has 0 aliphatic rings. The fourth-order valence-electron chi connectivity index (χ4n) is 7.10. The summed E-state index contributed by atoms with van der Waals surface area (Å²) in [5.41, 5.74) is 6.60. The molecule has 0 fully saturated rings. The largest absolute Gasteiger partial charge is 0.481 e. The SMILES string of the molecule is CC(=O)NCCOCCOCC(=O)NCCCC[C@H](CC(=O)[C@@H](N)Cc1cnc[nH]1)C(=O)O.CCCCCCCCCCCCCCCCCC(=O)NC(CCC(=O)NCCOCCOCC)C(=O)O.[HH]. The molecule has 0 spiro atoms. The molecule has 1 aromatic rings. The van der Waals surface area contributed by atoms with Gasteiger partial charge in [0.05, 0.1) is 57.9 Å². The van der Waals surface area contributed by atoms with Gasteiger partial charge in [0.1, 0.15) is 12.6 Å². The highest BCUT2D eigenvalue weighted by molar-refractivity contribution is 5.88. The Morgan fingerprint density at radius 1 is 0.629 bits per heavy atom. The second-order valence-electron chi connectivity index (χ2n) is 17.4. The van der Waals surface area contributed by atoms with Gasteiger partial charge in [-0.2, -0.15) is 0 Å². The van der Waals surface area contributed by atoms with Crippen LogP contribution in [0.1, 0.15) is 169 Å². The molecule has 1 unspecified atom stereocenters. The van der Waals surface area contributed by atoms with E-state index in [9.17, 15) is 43.8 Å². The Morgan fingerprint density at radius 2 is 1.19 bits per heavy atom. The molecule has 0 bridgehead atoms. The molecule has 0 saturated heterocycles. The van der Waals surface area contributed by atoms with E-state index in [-0.39, 0.29) is 69.7 Å². The number of Topliss-reactive ketones (excluding diaryl/α,β-unsaturated/α-hetero) is 1. The number of aromatic nitrogens is 2. The first-order chi connectivity index (χ1) is 33.8. The van der Waals surface area contributed by atoms with Crippen molar-refractivity contribution in [2.45, 2.75) is 181 Å². The summed E-state index contributed by atoms with van der Waals surface area (Å²) in [7, 11) is 0. The number of carboxylic acids is 2. The zero-order chi connectivity index (χ0) is 51.9. The summed E-state index contributed by atoms with van der Waals surface area (Å²) in [4.78, 5) is 88.4. The van der Waals surface area contributed by atoms with Crippen molar-refractivity contribution in [1.82, 2.24) is 31.2 Å². The predicted molar refractivity (Wildman–Crippen MR) is 269 cm³/mol. The van der Waals surface area contributed by atoms with Crippen LogP contribution >= 0.6 is 0 Å². The number of amides is 4. The lowest BCUT2D eigenvalue weighted by Gasteiger charge is -2.15. The van der Waals surface area contributed by atoms with Gasteiger partial charge in [-0.3, -0.25) is 28.8 Å². The van der Waals surface area contributed by atoms with Crippen molar-refractivity contribution in [2.75, 3.05) is 72.5 Å². The number of ether oxygens (including phenoxy) is 4. The number of imidazole rings is 1. The van der Waals surface area contributed by atoms with E-state index in [4.69, 9.17) is 24.7 Å². The van der Waals surface area contributed by atoms with Crippen LogP contribution in [-0.4, -0.2) is 146 Å². The van der Waals surface area contributed by atoms with Crippen LogP contribution in [0.15, 0.2) is 12.5 Å². The highest BCUT2D eigenvalue weighted by atomic mass is 16.5. The fourth-order valence-corrected chi connectivity index (χ4v) is 7.10. The fraction of sp³-hybridized carbons (Fsp3) is 0.800. The molecular formula is C50H93N7O13. The van der Waals surface area contributed by atoms with E-state index in [1.54, 1.807) is 6.20 Å². The van der Waals surface area contributed by atoms with E-state index >= 15 is 0 Å². The normalized spacial score (nSPS) is 12.2. The van der Waals surface area contributed by atoms with Crippen molar-refractivity contribution in [3.8, 4) is 0 Å². The number of hydrogen-bond acceptors (Lipinski definition) is 13. The van der Waals surface area contributed by atoms with Crippen molar-refractivity contribution >= 4 is 41.4 Å². The van der Waals surface area contributed by atoms with Crippen molar-refractivity contribution in [1.29, 1.82) is 0 Å². The van der Waals surface area contributed by atoms with Crippen LogP contribution in [0.25, 0.3) is 0 Å². The average Bonchev–Trinajstić information content (AvgIpc) is 3.84. The summed E-state index contributed by atoms with van der Waals surface area (Å²) in [6.07, 6.45) is 24.0. The zero-order valence-electron chi connectivity index (χ0n) is 42.8. The van der Waals surface area contributed by atoms with E-state index < -0.39 is 29.9 Å². The number of aliphatic carboxylic acids is 2. The Bertz CT molecular complexity index is 1510. The number of carbonyl (C=O) groups is 7. The van der Waals surface area contributed by atoms with Crippen molar-refractivity contribution in [3.63, 3.8) is 0 Å². The monoisotopic (exact) mass is 1000 g/mol. The second kappa shape index (κ2) is 46.9. The van der Waals surface area contributed by atoms with E-state index in [0.717, 1.165) is 25.0 Å². The number of hydrogen-bond donors (Lipinski definition) is 8. The van der Waals surface area contributed by atoms with Gasteiger partial charge in [-0.25, -0.2) is 9.78 Å². The zero-order valence-corrected chi connectivity index (χ0v) is 42.8. The number of carboxylic acid groups (broad SMARTS) is 2. The maximum atomic E-state index is 12.3. The third-order valence-electron chi connectivity index (χ3n) is 11.2. The molecule has 0 aromatic carbocycles. The third-order valence-corrected chi connectivity index (χ3v) is 11.2. The molecule has 0 radical (unpaired) electrons. The van der Waals surface area contributed by atoms with Crippen LogP contribution in [0.3, 0.4) is 0 Å². The van der Waals surface area contributed by atoms with Crippen molar-refractivity contribution in [3.05, 3.63) is 18.2 Å². The molecule has 3 atom stereocenters. The Kier molecular flexibility index (Phi) is 43.8. The first-order valence-corrected chi connectivity index (χ1v) is 25.9. The minimum absolute atomic E-state index is 0. The number of rotatable bonds is 47. The summed E-state index contributed by atoms with van der Waals surface area (Å²) in [6.45, 7) is 9.59. The highest BCUT2D eigenvalue weighted by Gasteiger charge is 2.25. The standard InChI is InChI=1S/C29H56N2O6.C21H35N5O7.H2/c1-3-5-6-7-8-9-10-11-12-13-14-15-16-17-18-19-28(33)31-26(29(34)35)20-21-27(32)30-22-23-37-25-24-36-4-2;1-15(27)24-6-7-32-8-9-33-13-20(29)25-5-3-2-4-16(21(30)31)10-19(28)18(22)11-17-12-23-14-26-17;/h26H,3-25H2,1-2H3,(H,30,32)(H,31,33)(H,34,35);12,14,16,18H,2-11,13,22H2,1H3,(H,23,26)(H,24,27)(H,25,29)(H,30,31);1H/t;16-,18+;/m.1./s1. The first-order valence-electron chi connectivity index (χ1n) is 25.9. The van der Waals surface area contributed by atoms with Crippen LogP contribution in [0.5, 0.6) is 0 Å². The molecule has 70 heavy (non-hydrogen) atoms. The highest BCUT2D eigenvalue weighted by Crippen LogP contribution is 2.16. The van der Waals surface area contributed by atoms with Gasteiger partial charge in [0.2, 0.25) is 23.6 Å². The van der Waals surface area contributed by atoms with Crippen LogP contribution < -0.4 is 27.0 Å². The second-order valence-corrected chi connectivity index (χ2v) is 17.4. The predicted octanol–water partition coefficient (Wildman–Crippen LogP) is 5.41. The number of nitrogens with zero attached hydrogens (tertiary/aromatic N) is 1. The molecule has 0 aliphatic carbocycles. The average molecular weight is 1000 g/mol. The summed E-state index contributed by atoms with van der Waals surface area (Å²) in [5, 5.41) is 29.3. The van der Waals surface area contributed by atoms with Crippen molar-refractivity contribution < 1.29 is 64.1 Å². The number of aromatic amines is 1. The number of unbranched alkanes of at least 4 members (excludes halogenated alkanes) is 15. The number of carbonyl (C=O) groups excluding carboxylic acids is 5. The molecule has 0 saturated carbocycles. The molecule has 9 N–H and O–H groups in total. The molecule has 1 heterocycles. The van der Waals surface area contributed by atoms with Gasteiger partial charge < -0.3 is 61.1 Å². The Balaban J connectivity index is 0. The van der Waals surface area contributed by atoms with Gasteiger partial charge in [-0.15, -0.1) is 0 Å². The first kappa shape index (κ1) is 65.5. The number of ketones is 1. The number of nitrogens with two attached hydrogens (primary N) is 1. The lowest BCUT2D eigenvalue weighted by Crippen LogP contribution is -2.41. The minimum atomic E-state index is -1.11.